The highest BCUT2D eigenvalue weighted by Crippen LogP contribution is 2.73. The molecule has 0 heterocycles. The van der Waals surface area contributed by atoms with Crippen molar-refractivity contribution in [2.45, 2.75) is 55.6 Å². The third-order valence-electron chi connectivity index (χ3n) is 4.51. The van der Waals surface area contributed by atoms with E-state index in [0.29, 0.717) is 0 Å². The van der Waals surface area contributed by atoms with E-state index in [4.69, 9.17) is 0 Å². The van der Waals surface area contributed by atoms with Gasteiger partial charge in [0.15, 0.2) is 5.41 Å². The standard InChI is InChI=1S/C11H7F15/c1-4(10(21,22)23,11(24,25)26)3-6(13,14)5(2,12)8(17,18)9(19,20)7(3,15)16/h3H,1-2H3. The van der Waals surface area contributed by atoms with Crippen molar-refractivity contribution in [1.82, 2.24) is 0 Å². The summed E-state index contributed by atoms with van der Waals surface area (Å²) in [5.74, 6) is -34.4. The summed E-state index contributed by atoms with van der Waals surface area (Å²) in [5.41, 5.74) is -12.5. The predicted molar refractivity (Wildman–Crippen MR) is 53.0 cm³/mol. The van der Waals surface area contributed by atoms with E-state index in [1.807, 2.05) is 0 Å². The Kier molecular flexibility index (Phi) is 4.47. The summed E-state index contributed by atoms with van der Waals surface area (Å²) in [7, 11) is 0. The molecule has 0 aromatic heterocycles. The van der Waals surface area contributed by atoms with E-state index in [9.17, 15) is 65.9 Å². The van der Waals surface area contributed by atoms with E-state index in [1.54, 1.807) is 0 Å². The molecule has 0 nitrogen and oxygen atoms in total. The van der Waals surface area contributed by atoms with Gasteiger partial charge in [0.2, 0.25) is 5.67 Å². The van der Waals surface area contributed by atoms with Gasteiger partial charge in [0.05, 0.1) is 0 Å². The zero-order valence-electron chi connectivity index (χ0n) is 12.2. The molecule has 15 heteroatoms. The first-order chi connectivity index (χ1) is 10.9. The molecule has 0 radical (unpaired) electrons. The van der Waals surface area contributed by atoms with Crippen LogP contribution in [0, 0.1) is 11.3 Å². The van der Waals surface area contributed by atoms with Gasteiger partial charge in [-0.2, -0.15) is 52.7 Å². The maximum Gasteiger partial charge on any atom is 0.403 e. The van der Waals surface area contributed by atoms with Crippen LogP contribution in [0.5, 0.6) is 0 Å². The molecule has 0 N–H and O–H groups in total. The van der Waals surface area contributed by atoms with Crippen LogP contribution in [0.2, 0.25) is 0 Å². The van der Waals surface area contributed by atoms with Gasteiger partial charge in [-0.05, 0) is 13.8 Å². The van der Waals surface area contributed by atoms with Crippen molar-refractivity contribution < 1.29 is 65.9 Å². The Morgan fingerprint density at radius 1 is 0.577 bits per heavy atom. The minimum absolute atomic E-state index is 1.17. The molecule has 0 aromatic rings. The zero-order chi connectivity index (χ0) is 21.6. The molecule has 0 amide bonds. The normalized spacial score (nSPS) is 33.8. The number of rotatable bonds is 1. The van der Waals surface area contributed by atoms with Crippen LogP contribution in [-0.4, -0.2) is 41.7 Å². The highest BCUT2D eigenvalue weighted by Gasteiger charge is 2.97. The maximum atomic E-state index is 13.9. The lowest BCUT2D eigenvalue weighted by atomic mass is 9.58. The third-order valence-corrected chi connectivity index (χ3v) is 4.51. The van der Waals surface area contributed by atoms with Gasteiger partial charge in [0.25, 0.3) is 5.92 Å². The summed E-state index contributed by atoms with van der Waals surface area (Å²) in [4.78, 5) is 0. The van der Waals surface area contributed by atoms with E-state index in [1.165, 1.54) is 0 Å². The summed E-state index contributed by atoms with van der Waals surface area (Å²) in [5, 5.41) is 0. The van der Waals surface area contributed by atoms with E-state index < -0.39 is 66.9 Å². The average Bonchev–Trinajstić information content (AvgIpc) is 2.33. The number of hydrogen-bond acceptors (Lipinski definition) is 0. The van der Waals surface area contributed by atoms with Crippen molar-refractivity contribution in [3.8, 4) is 0 Å². The van der Waals surface area contributed by atoms with E-state index in [0.717, 1.165) is 0 Å². The Bertz CT molecular complexity index is 519. The quantitative estimate of drug-likeness (QED) is 0.452. The zero-order valence-corrected chi connectivity index (χ0v) is 12.2. The van der Waals surface area contributed by atoms with Crippen LogP contribution in [0.15, 0.2) is 0 Å². The average molecular weight is 424 g/mol. The van der Waals surface area contributed by atoms with Gasteiger partial charge in [0.1, 0.15) is 5.92 Å². The molecule has 2 atom stereocenters. The van der Waals surface area contributed by atoms with Crippen LogP contribution in [0.25, 0.3) is 0 Å². The minimum Gasteiger partial charge on any atom is -0.230 e. The summed E-state index contributed by atoms with van der Waals surface area (Å²) < 4.78 is 199. The van der Waals surface area contributed by atoms with Crippen LogP contribution >= 0.6 is 0 Å². The van der Waals surface area contributed by atoms with Crippen molar-refractivity contribution in [2.75, 3.05) is 0 Å². The Morgan fingerprint density at radius 2 is 0.885 bits per heavy atom. The molecule has 0 aromatic carbocycles. The molecule has 26 heavy (non-hydrogen) atoms. The lowest BCUT2D eigenvalue weighted by Gasteiger charge is -2.56. The van der Waals surface area contributed by atoms with Gasteiger partial charge >= 0.3 is 30.1 Å². The summed E-state index contributed by atoms with van der Waals surface area (Å²) in [6, 6.07) is 0. The SMILES string of the molecule is CC1(F)C(F)(F)C(C(C)(C(F)(F)F)C(F)(F)F)C(F)(F)C(F)(F)C1(F)F. The first-order valence-corrected chi connectivity index (χ1v) is 6.20. The maximum absolute atomic E-state index is 13.9. The van der Waals surface area contributed by atoms with Crippen LogP contribution in [0.3, 0.4) is 0 Å². The van der Waals surface area contributed by atoms with E-state index in [2.05, 4.69) is 0 Å². The molecule has 1 fully saturated rings. The summed E-state index contributed by atoms with van der Waals surface area (Å²) in [6.45, 7) is -2.52. The van der Waals surface area contributed by atoms with Crippen molar-refractivity contribution >= 4 is 0 Å². The monoisotopic (exact) mass is 424 g/mol. The molecule has 1 aliphatic carbocycles. The Labute approximate surface area is 134 Å². The second-order valence-electron chi connectivity index (χ2n) is 6.03. The largest absolute Gasteiger partial charge is 0.403 e. The highest BCUT2D eigenvalue weighted by atomic mass is 19.4. The number of hydrogen-bond donors (Lipinski definition) is 0. The summed E-state index contributed by atoms with van der Waals surface area (Å²) >= 11 is 0. The Hall–Kier alpha value is -1.05. The molecule has 0 spiro atoms. The Morgan fingerprint density at radius 3 is 1.15 bits per heavy atom. The molecule has 0 aliphatic heterocycles. The van der Waals surface area contributed by atoms with Crippen LogP contribution in [-0.2, 0) is 0 Å². The van der Waals surface area contributed by atoms with Gasteiger partial charge in [-0.25, -0.2) is 13.2 Å². The lowest BCUT2D eigenvalue weighted by molar-refractivity contribution is -0.479. The number of halogens is 15. The Balaban J connectivity index is 4.06. The van der Waals surface area contributed by atoms with Crippen molar-refractivity contribution in [3.63, 3.8) is 0 Å². The van der Waals surface area contributed by atoms with Crippen LogP contribution in [0.4, 0.5) is 65.9 Å². The summed E-state index contributed by atoms with van der Waals surface area (Å²) in [6.07, 6.45) is -14.2. The van der Waals surface area contributed by atoms with Gasteiger partial charge in [0, 0.05) is 0 Å². The fraction of sp³-hybridized carbons (Fsp3) is 1.00. The van der Waals surface area contributed by atoms with Crippen molar-refractivity contribution in [2.24, 2.45) is 11.3 Å². The van der Waals surface area contributed by atoms with Crippen molar-refractivity contribution in [1.29, 1.82) is 0 Å². The molecule has 1 aliphatic rings. The lowest BCUT2D eigenvalue weighted by Crippen LogP contribution is -2.82. The molecule has 156 valence electrons. The second kappa shape index (κ2) is 5.06. The minimum atomic E-state index is -7.30. The molecule has 1 rings (SSSR count). The molecular formula is C11H7F15. The van der Waals surface area contributed by atoms with E-state index >= 15 is 0 Å². The van der Waals surface area contributed by atoms with Crippen LogP contribution in [0.1, 0.15) is 13.8 Å². The first-order valence-electron chi connectivity index (χ1n) is 6.20. The molecule has 0 bridgehead atoms. The smallest absolute Gasteiger partial charge is 0.230 e. The van der Waals surface area contributed by atoms with Crippen molar-refractivity contribution in [3.05, 3.63) is 0 Å². The van der Waals surface area contributed by atoms with E-state index in [-0.39, 0.29) is 0 Å². The molecule has 1 saturated carbocycles. The van der Waals surface area contributed by atoms with Gasteiger partial charge in [-0.3, -0.25) is 0 Å². The van der Waals surface area contributed by atoms with Gasteiger partial charge in [-0.1, -0.05) is 0 Å². The molecule has 2 unspecified atom stereocenters. The van der Waals surface area contributed by atoms with Gasteiger partial charge in [-0.15, -0.1) is 0 Å². The topological polar surface area (TPSA) is 0 Å². The highest BCUT2D eigenvalue weighted by molar-refractivity contribution is 5.25. The third kappa shape index (κ3) is 2.20. The van der Waals surface area contributed by atoms with Gasteiger partial charge < -0.3 is 0 Å². The first kappa shape index (κ1) is 23.0. The number of alkyl halides is 15. The molecular weight excluding hydrogens is 417 g/mol. The predicted octanol–water partition coefficient (Wildman–Crippen LogP) is 6.02. The fourth-order valence-electron chi connectivity index (χ4n) is 2.61. The fourth-order valence-corrected chi connectivity index (χ4v) is 2.61. The van der Waals surface area contributed by atoms with Crippen LogP contribution < -0.4 is 0 Å². The molecule has 0 saturated heterocycles. The second-order valence-corrected chi connectivity index (χ2v) is 6.03.